The number of oxazole rings is 1. The number of rotatable bonds is 3. The van der Waals surface area contributed by atoms with Crippen LogP contribution in [0.1, 0.15) is 13.8 Å². The molecule has 0 unspecified atom stereocenters. The highest BCUT2D eigenvalue weighted by Gasteiger charge is 2.31. The highest BCUT2D eigenvalue weighted by atomic mass is 32.2. The molecule has 9 heteroatoms. The van der Waals surface area contributed by atoms with Crippen molar-refractivity contribution >= 4 is 27.0 Å². The maximum Gasteiger partial charge on any atom is 0.417 e. The maximum atomic E-state index is 12.7. The van der Waals surface area contributed by atoms with Crippen LogP contribution in [0.5, 0.6) is 0 Å². The first-order chi connectivity index (χ1) is 11.3. The van der Waals surface area contributed by atoms with Crippen molar-refractivity contribution in [1.82, 2.24) is 14.2 Å². The fourth-order valence-electron chi connectivity index (χ4n) is 2.75. The zero-order valence-corrected chi connectivity index (χ0v) is 14.3. The predicted molar refractivity (Wildman–Crippen MR) is 87.0 cm³/mol. The fraction of sp³-hybridized carbons (Fsp3) is 0.467. The summed E-state index contributed by atoms with van der Waals surface area (Å²) >= 11 is 0. The molecule has 2 aromatic rings. The molecule has 8 nitrogen and oxygen atoms in total. The van der Waals surface area contributed by atoms with Crippen LogP contribution in [0.2, 0.25) is 0 Å². The van der Waals surface area contributed by atoms with E-state index in [9.17, 15) is 18.0 Å². The van der Waals surface area contributed by atoms with Crippen LogP contribution in [0.3, 0.4) is 0 Å². The first kappa shape index (κ1) is 16.7. The monoisotopic (exact) mass is 353 g/mol. The first-order valence-corrected chi connectivity index (χ1v) is 9.15. The van der Waals surface area contributed by atoms with Crippen LogP contribution < -0.4 is 5.76 Å². The van der Waals surface area contributed by atoms with Gasteiger partial charge in [-0.2, -0.15) is 4.31 Å². The highest BCUT2D eigenvalue weighted by molar-refractivity contribution is 7.89. The summed E-state index contributed by atoms with van der Waals surface area (Å²) in [7, 11) is -3.69. The molecule has 0 aliphatic carbocycles. The number of amides is 1. The number of fused-ring (bicyclic) bond motifs is 1. The van der Waals surface area contributed by atoms with Gasteiger partial charge in [-0.3, -0.25) is 9.78 Å². The molecule has 1 amide bonds. The van der Waals surface area contributed by atoms with Crippen molar-refractivity contribution in [2.24, 2.45) is 5.92 Å². The molecule has 130 valence electrons. The van der Waals surface area contributed by atoms with Gasteiger partial charge in [0.05, 0.1) is 10.4 Å². The third-order valence-corrected chi connectivity index (χ3v) is 5.97. The second kappa shape index (κ2) is 6.06. The second-order valence-corrected chi connectivity index (χ2v) is 7.99. The number of carbonyl (C=O) groups is 1. The number of piperazine rings is 1. The van der Waals surface area contributed by atoms with Crippen LogP contribution in [0.25, 0.3) is 11.1 Å². The van der Waals surface area contributed by atoms with Crippen LogP contribution >= 0.6 is 0 Å². The maximum absolute atomic E-state index is 12.7. The molecule has 3 rings (SSSR count). The van der Waals surface area contributed by atoms with Crippen LogP contribution in [-0.4, -0.2) is 54.7 Å². The van der Waals surface area contributed by atoms with Gasteiger partial charge in [-0.15, -0.1) is 0 Å². The van der Waals surface area contributed by atoms with Gasteiger partial charge >= 0.3 is 5.76 Å². The molecule has 0 spiro atoms. The molecule has 1 saturated heterocycles. The van der Waals surface area contributed by atoms with Crippen molar-refractivity contribution in [3.8, 4) is 0 Å². The van der Waals surface area contributed by atoms with Crippen molar-refractivity contribution in [2.45, 2.75) is 18.7 Å². The lowest BCUT2D eigenvalue weighted by Crippen LogP contribution is -2.51. The van der Waals surface area contributed by atoms with E-state index in [1.165, 1.54) is 22.5 Å². The Morgan fingerprint density at radius 3 is 2.50 bits per heavy atom. The van der Waals surface area contributed by atoms with Gasteiger partial charge in [0.15, 0.2) is 5.58 Å². The van der Waals surface area contributed by atoms with E-state index in [1.807, 2.05) is 13.8 Å². The zero-order valence-electron chi connectivity index (χ0n) is 13.5. The Morgan fingerprint density at radius 2 is 1.88 bits per heavy atom. The Hall–Kier alpha value is -2.13. The number of hydrogen-bond donors (Lipinski definition) is 1. The normalized spacial score (nSPS) is 16.9. The topological polar surface area (TPSA) is 104 Å². The molecule has 0 radical (unpaired) electrons. The summed E-state index contributed by atoms with van der Waals surface area (Å²) in [6.45, 7) is 4.89. The summed E-state index contributed by atoms with van der Waals surface area (Å²) in [5.41, 5.74) is 0.654. The Kier molecular flexibility index (Phi) is 4.22. The molecule has 1 aromatic carbocycles. The van der Waals surface area contributed by atoms with E-state index in [1.54, 1.807) is 4.90 Å². The number of sulfonamides is 1. The van der Waals surface area contributed by atoms with Gasteiger partial charge in [-0.1, -0.05) is 13.8 Å². The number of hydrogen-bond acceptors (Lipinski definition) is 5. The summed E-state index contributed by atoms with van der Waals surface area (Å²) in [4.78, 5) is 27.4. The van der Waals surface area contributed by atoms with E-state index in [4.69, 9.17) is 4.42 Å². The standard InChI is InChI=1S/C15H19N3O5S/c1-10(2)14(19)17-5-7-18(8-6-17)24(21,22)11-3-4-12-13(9-11)23-15(20)16-12/h3-4,9-10H,5-8H2,1-2H3,(H,16,20). The van der Waals surface area contributed by atoms with E-state index in [-0.39, 0.29) is 35.4 Å². The highest BCUT2D eigenvalue weighted by Crippen LogP contribution is 2.21. The van der Waals surface area contributed by atoms with Crippen LogP contribution in [0, 0.1) is 5.92 Å². The minimum absolute atomic E-state index is 0.0302. The van der Waals surface area contributed by atoms with Gasteiger partial charge in [0, 0.05) is 38.2 Å². The summed E-state index contributed by atoms with van der Waals surface area (Å²) < 4.78 is 31.8. The minimum Gasteiger partial charge on any atom is -0.408 e. The van der Waals surface area contributed by atoms with E-state index in [0.717, 1.165) is 0 Å². The van der Waals surface area contributed by atoms with Gasteiger partial charge in [-0.25, -0.2) is 13.2 Å². The molecule has 1 aromatic heterocycles. The molecule has 1 fully saturated rings. The molecule has 1 aliphatic rings. The Bertz CT molecular complexity index is 920. The van der Waals surface area contributed by atoms with Crippen molar-refractivity contribution in [3.63, 3.8) is 0 Å². The lowest BCUT2D eigenvalue weighted by atomic mass is 10.2. The molecule has 0 bridgehead atoms. The Labute approximate surface area is 139 Å². The van der Waals surface area contributed by atoms with Gasteiger partial charge in [-0.05, 0) is 12.1 Å². The Morgan fingerprint density at radius 1 is 1.21 bits per heavy atom. The van der Waals surface area contributed by atoms with Crippen molar-refractivity contribution in [3.05, 3.63) is 28.7 Å². The molecule has 0 saturated carbocycles. The predicted octanol–water partition coefficient (Wildman–Crippen LogP) is 0.610. The van der Waals surface area contributed by atoms with Crippen molar-refractivity contribution < 1.29 is 17.6 Å². The SMILES string of the molecule is CC(C)C(=O)N1CCN(S(=O)(=O)c2ccc3[nH]c(=O)oc3c2)CC1. The number of benzene rings is 1. The minimum atomic E-state index is -3.69. The van der Waals surface area contributed by atoms with Crippen LogP contribution in [0.4, 0.5) is 0 Å². The number of nitrogens with one attached hydrogen (secondary N) is 1. The molecular weight excluding hydrogens is 334 g/mol. The summed E-state index contributed by atoms with van der Waals surface area (Å²) in [6.07, 6.45) is 0. The number of carbonyl (C=O) groups excluding carboxylic acids is 1. The summed E-state index contributed by atoms with van der Waals surface area (Å²) in [5.74, 6) is -0.699. The first-order valence-electron chi connectivity index (χ1n) is 7.71. The van der Waals surface area contributed by atoms with Gasteiger partial charge in [0.2, 0.25) is 15.9 Å². The van der Waals surface area contributed by atoms with E-state index < -0.39 is 15.8 Å². The number of aromatic nitrogens is 1. The smallest absolute Gasteiger partial charge is 0.408 e. The van der Waals surface area contributed by atoms with Gasteiger partial charge < -0.3 is 9.32 Å². The molecule has 1 aliphatic heterocycles. The van der Waals surface area contributed by atoms with Crippen LogP contribution in [-0.2, 0) is 14.8 Å². The van der Waals surface area contributed by atoms with Gasteiger partial charge in [0.1, 0.15) is 0 Å². The van der Waals surface area contributed by atoms with Crippen molar-refractivity contribution in [2.75, 3.05) is 26.2 Å². The van der Waals surface area contributed by atoms with Crippen LogP contribution in [0.15, 0.2) is 32.3 Å². The molecule has 2 heterocycles. The number of aromatic amines is 1. The summed E-state index contributed by atoms with van der Waals surface area (Å²) in [6, 6.07) is 4.29. The van der Waals surface area contributed by atoms with Crippen molar-refractivity contribution in [1.29, 1.82) is 0 Å². The van der Waals surface area contributed by atoms with Gasteiger partial charge in [0.25, 0.3) is 0 Å². The third kappa shape index (κ3) is 2.96. The lowest BCUT2D eigenvalue weighted by Gasteiger charge is -2.34. The fourth-order valence-corrected chi connectivity index (χ4v) is 4.19. The molecule has 0 atom stereocenters. The third-order valence-electron chi connectivity index (χ3n) is 4.07. The molecular formula is C15H19N3O5S. The van der Waals surface area contributed by atoms with E-state index in [0.29, 0.717) is 18.6 Å². The number of nitrogens with zero attached hydrogens (tertiary/aromatic N) is 2. The summed E-state index contributed by atoms with van der Waals surface area (Å²) in [5, 5.41) is 0. The van der Waals surface area contributed by atoms with E-state index in [2.05, 4.69) is 4.98 Å². The molecule has 24 heavy (non-hydrogen) atoms. The van der Waals surface area contributed by atoms with E-state index >= 15 is 0 Å². The average molecular weight is 353 g/mol. The second-order valence-electron chi connectivity index (χ2n) is 6.06. The Balaban J connectivity index is 1.80. The average Bonchev–Trinajstić information content (AvgIpc) is 2.93. The largest absolute Gasteiger partial charge is 0.417 e. The lowest BCUT2D eigenvalue weighted by molar-refractivity contribution is -0.135. The quantitative estimate of drug-likeness (QED) is 0.871. The zero-order chi connectivity index (χ0) is 17.5. The number of H-pyrrole nitrogens is 1. The molecule has 1 N–H and O–H groups in total.